The zero-order chi connectivity index (χ0) is 22.0. The monoisotopic (exact) mass is 438 g/mol. The van der Waals surface area contributed by atoms with Crippen molar-refractivity contribution in [3.05, 3.63) is 46.9 Å². The van der Waals surface area contributed by atoms with Gasteiger partial charge in [-0.05, 0) is 43.8 Å². The van der Waals surface area contributed by atoms with Gasteiger partial charge in [-0.1, -0.05) is 11.2 Å². The summed E-state index contributed by atoms with van der Waals surface area (Å²) in [6.45, 7) is 0.474. The van der Waals surface area contributed by atoms with Crippen LogP contribution in [-0.2, 0) is 4.79 Å². The molecule has 1 aliphatic heterocycles. The van der Waals surface area contributed by atoms with Gasteiger partial charge >= 0.3 is 6.61 Å². The number of amides is 1. The predicted octanol–water partition coefficient (Wildman–Crippen LogP) is 3.37. The molecule has 2 N–H and O–H groups in total. The molecule has 1 aromatic heterocycles. The third-order valence-corrected chi connectivity index (χ3v) is 5.00. The number of hydrogen-bond donors (Lipinski definition) is 2. The molecule has 0 saturated carbocycles. The van der Waals surface area contributed by atoms with Gasteiger partial charge in [0.05, 0.1) is 18.7 Å². The minimum absolute atomic E-state index is 0.101. The molecule has 1 amide bonds. The molecular formula is C19H20F2N4O4S. The Balaban J connectivity index is 2.00. The van der Waals surface area contributed by atoms with Gasteiger partial charge in [0.2, 0.25) is 0 Å². The number of benzene rings is 1. The molecule has 0 aliphatic carbocycles. The third kappa shape index (κ3) is 4.35. The van der Waals surface area contributed by atoms with E-state index >= 15 is 0 Å². The molecule has 30 heavy (non-hydrogen) atoms. The number of halogens is 2. The lowest BCUT2D eigenvalue weighted by molar-refractivity contribution is -0.113. The number of carbonyl (C=O) groups excluding carboxylic acids is 1. The lowest BCUT2D eigenvalue weighted by Gasteiger charge is -2.35. The molecule has 2 aromatic rings. The summed E-state index contributed by atoms with van der Waals surface area (Å²) in [5.41, 5.74) is 1.56. The van der Waals surface area contributed by atoms with Crippen LogP contribution in [0.1, 0.15) is 24.3 Å². The Hall–Kier alpha value is -3.21. The first-order chi connectivity index (χ1) is 14.2. The van der Waals surface area contributed by atoms with Crippen LogP contribution in [0, 0.1) is 6.92 Å². The van der Waals surface area contributed by atoms with E-state index in [0.29, 0.717) is 27.7 Å². The van der Waals surface area contributed by atoms with Crippen LogP contribution in [-0.4, -0.2) is 41.8 Å². The Morgan fingerprint density at radius 2 is 2.07 bits per heavy atom. The largest absolute Gasteiger partial charge is 0.493 e. The molecule has 0 spiro atoms. The molecule has 1 aromatic carbocycles. The number of aryl methyl sites for hydroxylation is 1. The fraction of sp³-hybridized carbons (Fsp3) is 0.316. The van der Waals surface area contributed by atoms with Crippen LogP contribution in [0.4, 0.5) is 14.6 Å². The average Bonchev–Trinajstić information content (AvgIpc) is 3.10. The van der Waals surface area contributed by atoms with Crippen molar-refractivity contribution in [1.29, 1.82) is 0 Å². The number of methoxy groups -OCH3 is 1. The summed E-state index contributed by atoms with van der Waals surface area (Å²) in [6.07, 6.45) is 0. The molecule has 0 saturated heterocycles. The minimum atomic E-state index is -2.99. The van der Waals surface area contributed by atoms with Gasteiger partial charge in [0.15, 0.2) is 22.4 Å². The summed E-state index contributed by atoms with van der Waals surface area (Å²) >= 11 is 5.37. The van der Waals surface area contributed by atoms with Gasteiger partial charge in [-0.2, -0.15) is 8.78 Å². The SMILES string of the molecule is COc1cc([C@@H]2NC(=S)N(C)C(C)=C2C(=O)Nc2cc(C)on2)ccc1OC(F)F. The maximum absolute atomic E-state index is 13.1. The van der Waals surface area contributed by atoms with Crippen LogP contribution in [0.25, 0.3) is 0 Å². The second kappa shape index (κ2) is 8.66. The predicted molar refractivity (Wildman–Crippen MR) is 108 cm³/mol. The molecule has 11 heteroatoms. The van der Waals surface area contributed by atoms with E-state index in [1.165, 1.54) is 19.2 Å². The Morgan fingerprint density at radius 3 is 2.67 bits per heavy atom. The highest BCUT2D eigenvalue weighted by atomic mass is 32.1. The van der Waals surface area contributed by atoms with Crippen LogP contribution in [0.3, 0.4) is 0 Å². The highest BCUT2D eigenvalue weighted by molar-refractivity contribution is 7.80. The summed E-state index contributed by atoms with van der Waals surface area (Å²) in [6, 6.07) is 5.37. The van der Waals surface area contributed by atoms with Crippen molar-refractivity contribution in [2.45, 2.75) is 26.5 Å². The maximum atomic E-state index is 13.1. The lowest BCUT2D eigenvalue weighted by Crippen LogP contribution is -2.46. The van der Waals surface area contributed by atoms with E-state index in [1.807, 2.05) is 0 Å². The standard InChI is InChI=1S/C19H20F2N4O4S/c1-9-7-14(24-29-9)22-17(26)15-10(2)25(3)19(30)23-16(15)11-5-6-12(28-18(20)21)13(8-11)27-4/h5-8,16,18H,1-4H3,(H,23,30)(H,22,24,26)/t16-/m0/s1. The molecule has 3 rings (SSSR count). The Morgan fingerprint density at radius 1 is 1.33 bits per heavy atom. The van der Waals surface area contributed by atoms with Gasteiger partial charge in [0.25, 0.3) is 5.91 Å². The number of nitrogens with zero attached hydrogens (tertiary/aromatic N) is 2. The minimum Gasteiger partial charge on any atom is -0.493 e. The Kier molecular flexibility index (Phi) is 6.20. The average molecular weight is 438 g/mol. The third-order valence-electron chi connectivity index (χ3n) is 4.61. The van der Waals surface area contributed by atoms with Gasteiger partial charge in [-0.15, -0.1) is 0 Å². The molecular weight excluding hydrogens is 418 g/mol. The number of anilines is 1. The van der Waals surface area contributed by atoms with Crippen LogP contribution in [0.2, 0.25) is 0 Å². The number of hydrogen-bond acceptors (Lipinski definition) is 6. The van der Waals surface area contributed by atoms with Crippen molar-refractivity contribution in [2.75, 3.05) is 19.5 Å². The number of thiocarbonyl (C=S) groups is 1. The maximum Gasteiger partial charge on any atom is 0.387 e. The Labute approximate surface area is 176 Å². The van der Waals surface area contributed by atoms with E-state index in [0.717, 1.165) is 0 Å². The fourth-order valence-electron chi connectivity index (χ4n) is 3.05. The summed E-state index contributed by atoms with van der Waals surface area (Å²) in [5, 5.41) is 9.97. The quantitative estimate of drug-likeness (QED) is 0.664. The summed E-state index contributed by atoms with van der Waals surface area (Å²) in [5.74, 6) is 0.387. The molecule has 8 nitrogen and oxygen atoms in total. The molecule has 2 heterocycles. The van der Waals surface area contributed by atoms with Crippen molar-refractivity contribution in [2.24, 2.45) is 0 Å². The normalized spacial score (nSPS) is 16.6. The van der Waals surface area contributed by atoms with E-state index in [9.17, 15) is 13.6 Å². The van der Waals surface area contributed by atoms with E-state index in [4.69, 9.17) is 21.5 Å². The molecule has 1 aliphatic rings. The molecule has 0 radical (unpaired) electrons. The van der Waals surface area contributed by atoms with E-state index in [-0.39, 0.29) is 17.3 Å². The fourth-order valence-corrected chi connectivity index (χ4v) is 3.30. The van der Waals surface area contributed by atoms with Crippen LogP contribution < -0.4 is 20.1 Å². The molecule has 0 bridgehead atoms. The first-order valence-corrected chi connectivity index (χ1v) is 9.24. The van der Waals surface area contributed by atoms with Crippen molar-refractivity contribution in [1.82, 2.24) is 15.4 Å². The van der Waals surface area contributed by atoms with Gasteiger partial charge in [0.1, 0.15) is 5.76 Å². The summed E-state index contributed by atoms with van der Waals surface area (Å²) in [7, 11) is 3.07. The van der Waals surface area contributed by atoms with Crippen LogP contribution >= 0.6 is 12.2 Å². The second-order valence-corrected chi connectivity index (χ2v) is 6.89. The van der Waals surface area contributed by atoms with E-state index < -0.39 is 18.6 Å². The smallest absolute Gasteiger partial charge is 0.387 e. The van der Waals surface area contributed by atoms with Gasteiger partial charge in [-0.3, -0.25) is 4.79 Å². The van der Waals surface area contributed by atoms with Crippen molar-refractivity contribution in [3.8, 4) is 11.5 Å². The van der Waals surface area contributed by atoms with E-state index in [2.05, 4.69) is 20.5 Å². The lowest BCUT2D eigenvalue weighted by atomic mass is 9.94. The summed E-state index contributed by atoms with van der Waals surface area (Å²) in [4.78, 5) is 14.7. The number of carbonyl (C=O) groups is 1. The molecule has 0 fully saturated rings. The number of alkyl halides is 2. The first kappa shape index (κ1) is 21.5. The zero-order valence-electron chi connectivity index (χ0n) is 16.7. The summed E-state index contributed by atoms with van der Waals surface area (Å²) < 4.78 is 39.9. The highest BCUT2D eigenvalue weighted by Gasteiger charge is 2.33. The van der Waals surface area contributed by atoms with Gasteiger partial charge in [0, 0.05) is 18.8 Å². The first-order valence-electron chi connectivity index (χ1n) is 8.83. The molecule has 0 unspecified atom stereocenters. The zero-order valence-corrected chi connectivity index (χ0v) is 17.5. The number of ether oxygens (including phenoxy) is 2. The highest BCUT2D eigenvalue weighted by Crippen LogP contribution is 2.36. The van der Waals surface area contributed by atoms with Crippen LogP contribution in [0.5, 0.6) is 11.5 Å². The van der Waals surface area contributed by atoms with Gasteiger partial charge < -0.3 is 29.5 Å². The van der Waals surface area contributed by atoms with E-state index in [1.54, 1.807) is 37.9 Å². The van der Waals surface area contributed by atoms with Gasteiger partial charge in [-0.25, -0.2) is 0 Å². The number of nitrogens with one attached hydrogen (secondary N) is 2. The number of aromatic nitrogens is 1. The van der Waals surface area contributed by atoms with Crippen LogP contribution in [0.15, 0.2) is 40.1 Å². The Bertz CT molecular complexity index is 1010. The van der Waals surface area contributed by atoms with Crippen molar-refractivity contribution >= 4 is 29.1 Å². The second-order valence-electron chi connectivity index (χ2n) is 6.51. The van der Waals surface area contributed by atoms with Crippen molar-refractivity contribution in [3.63, 3.8) is 0 Å². The topological polar surface area (TPSA) is 88.9 Å². The number of allylic oxidation sites excluding steroid dienone is 1. The van der Waals surface area contributed by atoms with Crippen molar-refractivity contribution < 1.29 is 27.6 Å². The molecule has 1 atom stereocenters. The molecule has 160 valence electrons. The number of rotatable bonds is 6.